The van der Waals surface area contributed by atoms with Gasteiger partial charge in [0.25, 0.3) is 0 Å². The molecule has 9 aromatic rings. The third-order valence-corrected chi connectivity index (χ3v) is 8.66. The first-order valence-electron chi connectivity index (χ1n) is 14.9. The minimum Gasteiger partial charge on any atom is -0.293 e. The van der Waals surface area contributed by atoms with Crippen LogP contribution >= 0.6 is 0 Å². The molecule has 5 aromatic carbocycles. The third-order valence-electron chi connectivity index (χ3n) is 8.66. The van der Waals surface area contributed by atoms with Gasteiger partial charge in [-0.05, 0) is 59.7 Å². The summed E-state index contributed by atoms with van der Waals surface area (Å²) in [4.78, 5) is 10.1. The minimum absolute atomic E-state index is 0.902. The largest absolute Gasteiger partial charge is 0.293 e. The van der Waals surface area contributed by atoms with Crippen molar-refractivity contribution in [1.82, 2.24) is 19.1 Å². The van der Waals surface area contributed by atoms with Gasteiger partial charge in [-0.2, -0.15) is 0 Å². The molecule has 9 rings (SSSR count). The number of fused-ring (bicyclic) bond motifs is 6. The number of aromatic nitrogens is 4. The molecule has 44 heavy (non-hydrogen) atoms. The van der Waals surface area contributed by atoms with Crippen molar-refractivity contribution in [2.75, 3.05) is 0 Å². The fraction of sp³-hybridized carbons (Fsp3) is 0. The van der Waals surface area contributed by atoms with Crippen LogP contribution < -0.4 is 0 Å². The highest BCUT2D eigenvalue weighted by Crippen LogP contribution is 2.41. The van der Waals surface area contributed by atoms with Crippen molar-refractivity contribution >= 4 is 43.6 Å². The second kappa shape index (κ2) is 9.79. The fourth-order valence-electron chi connectivity index (χ4n) is 6.83. The molecular weight excluding hydrogens is 536 g/mol. The average Bonchev–Trinajstić information content (AvgIpc) is 3.61. The van der Waals surface area contributed by atoms with Gasteiger partial charge in [-0.3, -0.25) is 9.13 Å². The average molecular weight is 563 g/mol. The second-order valence-electron chi connectivity index (χ2n) is 11.0. The fourth-order valence-corrected chi connectivity index (χ4v) is 6.83. The zero-order valence-electron chi connectivity index (χ0n) is 23.8. The molecule has 0 saturated heterocycles. The van der Waals surface area contributed by atoms with Crippen LogP contribution in [0.1, 0.15) is 0 Å². The Bertz CT molecular complexity index is 2230. The molecule has 0 aliphatic carbocycles. The van der Waals surface area contributed by atoms with Crippen LogP contribution in [-0.4, -0.2) is 19.1 Å². The lowest BCUT2D eigenvalue weighted by atomic mass is 9.95. The molecule has 0 radical (unpaired) electrons. The first-order chi connectivity index (χ1) is 21.9. The summed E-state index contributed by atoms with van der Waals surface area (Å²) in [7, 11) is 0. The van der Waals surface area contributed by atoms with Gasteiger partial charge in [0.05, 0.1) is 22.1 Å². The van der Waals surface area contributed by atoms with E-state index in [-0.39, 0.29) is 0 Å². The zero-order valence-corrected chi connectivity index (χ0v) is 23.8. The van der Waals surface area contributed by atoms with E-state index < -0.39 is 0 Å². The predicted octanol–water partition coefficient (Wildman–Crippen LogP) is 10.0. The van der Waals surface area contributed by atoms with Crippen LogP contribution in [0.25, 0.3) is 77.5 Å². The Morgan fingerprint density at radius 3 is 0.955 bits per heavy atom. The van der Waals surface area contributed by atoms with E-state index >= 15 is 0 Å². The maximum atomic E-state index is 5.03. The van der Waals surface area contributed by atoms with Crippen molar-refractivity contribution in [2.45, 2.75) is 0 Å². The number of benzene rings is 5. The minimum atomic E-state index is 0.902. The summed E-state index contributed by atoms with van der Waals surface area (Å²) in [5.41, 5.74) is 8.88. The molecule has 0 N–H and O–H groups in total. The maximum absolute atomic E-state index is 5.03. The summed E-state index contributed by atoms with van der Waals surface area (Å²) in [6.45, 7) is 0. The van der Waals surface area contributed by atoms with Crippen molar-refractivity contribution in [2.24, 2.45) is 0 Å². The summed E-state index contributed by atoms with van der Waals surface area (Å²) >= 11 is 0. The standard InChI is InChI=1S/C40H26N4/c1-2-14-28(34-20-12-26-42-40(34)44-37-23-9-5-17-31(37)32-18-6-10-24-38(32)44)27(13-1)33-19-11-25-41-39(33)43-35-21-7-3-15-29(35)30-16-4-8-22-36(30)43/h1-26H. The molecule has 206 valence electrons. The SMILES string of the molecule is c1ccc(-c2cccnc2-n2c3ccccc3c3ccccc32)c(-c2cccnc2-n2c3ccccc3c3ccccc32)c1. The number of nitrogens with zero attached hydrogens (tertiary/aromatic N) is 4. The molecule has 4 nitrogen and oxygen atoms in total. The smallest absolute Gasteiger partial charge is 0.145 e. The van der Waals surface area contributed by atoms with Crippen molar-refractivity contribution in [3.8, 4) is 33.9 Å². The monoisotopic (exact) mass is 562 g/mol. The summed E-state index contributed by atoms with van der Waals surface area (Å²) in [6, 6.07) is 51.3. The van der Waals surface area contributed by atoms with Crippen LogP contribution in [0.3, 0.4) is 0 Å². The number of rotatable bonds is 4. The van der Waals surface area contributed by atoms with Crippen molar-refractivity contribution < 1.29 is 0 Å². The van der Waals surface area contributed by atoms with Gasteiger partial charge in [-0.25, -0.2) is 9.97 Å². The van der Waals surface area contributed by atoms with E-state index in [1.165, 1.54) is 21.5 Å². The molecule has 0 saturated carbocycles. The molecule has 4 heteroatoms. The first kappa shape index (κ1) is 24.6. The number of hydrogen-bond acceptors (Lipinski definition) is 2. The first-order valence-corrected chi connectivity index (χ1v) is 14.9. The van der Waals surface area contributed by atoms with E-state index in [1.807, 2.05) is 24.5 Å². The second-order valence-corrected chi connectivity index (χ2v) is 11.0. The van der Waals surface area contributed by atoms with Gasteiger partial charge in [-0.15, -0.1) is 0 Å². The number of hydrogen-bond donors (Lipinski definition) is 0. The van der Waals surface area contributed by atoms with E-state index in [0.29, 0.717) is 0 Å². The topological polar surface area (TPSA) is 35.6 Å². The van der Waals surface area contributed by atoms with Crippen LogP contribution in [0.4, 0.5) is 0 Å². The third kappa shape index (κ3) is 3.58. The molecule has 0 atom stereocenters. The zero-order chi connectivity index (χ0) is 29.0. The van der Waals surface area contributed by atoms with E-state index in [1.54, 1.807) is 0 Å². The van der Waals surface area contributed by atoms with Crippen LogP contribution in [0.2, 0.25) is 0 Å². The Hall–Kier alpha value is -6.00. The van der Waals surface area contributed by atoms with Gasteiger partial charge in [0, 0.05) is 45.1 Å². The van der Waals surface area contributed by atoms with Crippen LogP contribution in [0.5, 0.6) is 0 Å². The highest BCUT2D eigenvalue weighted by Gasteiger charge is 2.21. The van der Waals surface area contributed by atoms with Gasteiger partial charge >= 0.3 is 0 Å². The van der Waals surface area contributed by atoms with Gasteiger partial charge < -0.3 is 0 Å². The lowest BCUT2D eigenvalue weighted by Gasteiger charge is -2.18. The molecule has 0 spiro atoms. The van der Waals surface area contributed by atoms with Crippen LogP contribution in [-0.2, 0) is 0 Å². The maximum Gasteiger partial charge on any atom is 0.145 e. The Kier molecular flexibility index (Phi) is 5.47. The van der Waals surface area contributed by atoms with Crippen molar-refractivity contribution in [3.63, 3.8) is 0 Å². The Balaban J connectivity index is 1.32. The van der Waals surface area contributed by atoms with Crippen LogP contribution in [0.15, 0.2) is 158 Å². The van der Waals surface area contributed by atoms with E-state index in [2.05, 4.69) is 143 Å². The summed E-state index contributed by atoms with van der Waals surface area (Å²) < 4.78 is 4.60. The van der Waals surface area contributed by atoms with E-state index in [0.717, 1.165) is 56.0 Å². The number of para-hydroxylation sites is 4. The highest BCUT2D eigenvalue weighted by atomic mass is 15.1. The van der Waals surface area contributed by atoms with E-state index in [9.17, 15) is 0 Å². The molecule has 4 heterocycles. The lowest BCUT2D eigenvalue weighted by molar-refractivity contribution is 1.08. The summed E-state index contributed by atoms with van der Waals surface area (Å²) in [5.74, 6) is 1.80. The normalized spacial score (nSPS) is 11.6. The van der Waals surface area contributed by atoms with Gasteiger partial charge in [0.15, 0.2) is 0 Å². The van der Waals surface area contributed by atoms with Gasteiger partial charge in [-0.1, -0.05) is 97.1 Å². The van der Waals surface area contributed by atoms with Gasteiger partial charge in [0.1, 0.15) is 11.6 Å². The molecular formula is C40H26N4. The Morgan fingerprint density at radius 1 is 0.295 bits per heavy atom. The molecule has 0 aliphatic rings. The number of pyridine rings is 2. The van der Waals surface area contributed by atoms with Crippen molar-refractivity contribution in [3.05, 3.63) is 158 Å². The molecule has 0 bridgehead atoms. The van der Waals surface area contributed by atoms with Gasteiger partial charge in [0.2, 0.25) is 0 Å². The quantitative estimate of drug-likeness (QED) is 0.214. The predicted molar refractivity (Wildman–Crippen MR) is 182 cm³/mol. The Labute approximate surface area is 254 Å². The molecule has 0 fully saturated rings. The highest BCUT2D eigenvalue weighted by molar-refractivity contribution is 6.11. The van der Waals surface area contributed by atoms with Crippen LogP contribution in [0, 0.1) is 0 Å². The lowest BCUT2D eigenvalue weighted by Crippen LogP contribution is -2.03. The molecule has 0 aliphatic heterocycles. The molecule has 0 unspecified atom stereocenters. The van der Waals surface area contributed by atoms with E-state index in [4.69, 9.17) is 9.97 Å². The Morgan fingerprint density at radius 2 is 0.591 bits per heavy atom. The summed E-state index contributed by atoms with van der Waals surface area (Å²) in [6.07, 6.45) is 3.77. The molecule has 0 amide bonds. The summed E-state index contributed by atoms with van der Waals surface area (Å²) in [5, 5.41) is 4.87. The van der Waals surface area contributed by atoms with Crippen molar-refractivity contribution in [1.29, 1.82) is 0 Å². The molecule has 4 aromatic heterocycles.